The van der Waals surface area contributed by atoms with Gasteiger partial charge in [0.15, 0.2) is 0 Å². The van der Waals surface area contributed by atoms with Gasteiger partial charge in [-0.2, -0.15) is 13.2 Å². The van der Waals surface area contributed by atoms with E-state index in [-0.39, 0.29) is 11.2 Å². The smallest absolute Gasteiger partial charge is 0.358 e. The van der Waals surface area contributed by atoms with E-state index in [1.807, 2.05) is 13.8 Å². The standard InChI is InChI=1S/C8H11BrF3N3S/c1-4(9)3-5(2)13-7-15-14-6(16-7)8(10,11)12/h4-5H,3H2,1-2H3,(H,13,15). The van der Waals surface area contributed by atoms with Crippen molar-refractivity contribution in [1.29, 1.82) is 0 Å². The van der Waals surface area contributed by atoms with Crippen LogP contribution in [0, 0.1) is 0 Å². The van der Waals surface area contributed by atoms with Crippen molar-refractivity contribution in [3.05, 3.63) is 5.01 Å². The number of aromatic nitrogens is 2. The van der Waals surface area contributed by atoms with E-state index in [4.69, 9.17) is 0 Å². The van der Waals surface area contributed by atoms with Gasteiger partial charge in [-0.05, 0) is 13.3 Å². The number of halogens is 4. The zero-order valence-corrected chi connectivity index (χ0v) is 11.1. The Morgan fingerprint density at radius 3 is 2.44 bits per heavy atom. The highest BCUT2D eigenvalue weighted by molar-refractivity contribution is 9.09. The van der Waals surface area contributed by atoms with Crippen LogP contribution in [-0.2, 0) is 6.18 Å². The Hall–Kier alpha value is -0.370. The molecule has 0 fully saturated rings. The first-order valence-corrected chi connectivity index (χ1v) is 6.33. The Bertz CT molecular complexity index is 340. The maximum atomic E-state index is 12.2. The van der Waals surface area contributed by atoms with Crippen LogP contribution >= 0.6 is 27.3 Å². The van der Waals surface area contributed by atoms with Crippen LogP contribution in [0.3, 0.4) is 0 Å². The fourth-order valence-electron chi connectivity index (χ4n) is 1.15. The van der Waals surface area contributed by atoms with E-state index in [2.05, 4.69) is 31.4 Å². The van der Waals surface area contributed by atoms with E-state index in [1.165, 1.54) is 0 Å². The Morgan fingerprint density at radius 1 is 1.38 bits per heavy atom. The van der Waals surface area contributed by atoms with Crippen molar-refractivity contribution in [2.24, 2.45) is 0 Å². The first-order chi connectivity index (χ1) is 7.29. The maximum absolute atomic E-state index is 12.2. The SMILES string of the molecule is CC(Br)CC(C)Nc1nnc(C(F)(F)F)s1. The van der Waals surface area contributed by atoms with Crippen LogP contribution in [0.2, 0.25) is 0 Å². The summed E-state index contributed by atoms with van der Waals surface area (Å²) in [7, 11) is 0. The first-order valence-electron chi connectivity index (χ1n) is 4.60. The number of anilines is 1. The second-order valence-corrected chi connectivity index (χ2v) is 6.01. The van der Waals surface area contributed by atoms with Crippen molar-refractivity contribution in [1.82, 2.24) is 10.2 Å². The zero-order chi connectivity index (χ0) is 12.3. The predicted octanol–water partition coefficient (Wildman–Crippen LogP) is 3.53. The summed E-state index contributed by atoms with van der Waals surface area (Å²) in [5.41, 5.74) is 0. The monoisotopic (exact) mass is 317 g/mol. The van der Waals surface area contributed by atoms with Gasteiger partial charge in [0, 0.05) is 10.9 Å². The number of alkyl halides is 4. The van der Waals surface area contributed by atoms with E-state index < -0.39 is 11.2 Å². The van der Waals surface area contributed by atoms with E-state index in [0.29, 0.717) is 16.2 Å². The topological polar surface area (TPSA) is 37.8 Å². The molecule has 0 aliphatic carbocycles. The van der Waals surface area contributed by atoms with Crippen LogP contribution in [0.1, 0.15) is 25.3 Å². The Kier molecular flexibility index (Phi) is 4.54. The highest BCUT2D eigenvalue weighted by Gasteiger charge is 2.35. The van der Waals surface area contributed by atoms with Gasteiger partial charge < -0.3 is 5.32 Å². The zero-order valence-electron chi connectivity index (χ0n) is 8.68. The van der Waals surface area contributed by atoms with Crippen LogP contribution in [0.4, 0.5) is 18.3 Å². The van der Waals surface area contributed by atoms with Gasteiger partial charge in [0.2, 0.25) is 10.1 Å². The molecule has 0 bridgehead atoms. The van der Waals surface area contributed by atoms with E-state index in [0.717, 1.165) is 6.42 Å². The molecule has 1 aromatic heterocycles. The number of hydrogen-bond donors (Lipinski definition) is 1. The first kappa shape index (κ1) is 13.7. The minimum Gasteiger partial charge on any atom is -0.358 e. The fraction of sp³-hybridized carbons (Fsp3) is 0.750. The van der Waals surface area contributed by atoms with Crippen LogP contribution in [-0.4, -0.2) is 21.1 Å². The molecule has 0 saturated carbocycles. The molecular formula is C8H11BrF3N3S. The summed E-state index contributed by atoms with van der Waals surface area (Å²) >= 11 is 3.89. The largest absolute Gasteiger partial charge is 0.445 e. The summed E-state index contributed by atoms with van der Waals surface area (Å²) in [6.07, 6.45) is -3.62. The van der Waals surface area contributed by atoms with Gasteiger partial charge in [-0.3, -0.25) is 0 Å². The van der Waals surface area contributed by atoms with Crippen LogP contribution in [0.5, 0.6) is 0 Å². The van der Waals surface area contributed by atoms with Gasteiger partial charge in [0.25, 0.3) is 0 Å². The predicted molar refractivity (Wildman–Crippen MR) is 61.0 cm³/mol. The minimum atomic E-state index is -4.41. The lowest BCUT2D eigenvalue weighted by atomic mass is 10.2. The van der Waals surface area contributed by atoms with Crippen molar-refractivity contribution in [2.75, 3.05) is 5.32 Å². The molecule has 2 atom stereocenters. The molecular weight excluding hydrogens is 307 g/mol. The third-order valence-corrected chi connectivity index (χ3v) is 2.99. The molecule has 0 aliphatic heterocycles. The molecule has 0 amide bonds. The molecule has 0 aliphatic rings. The Labute approximate surface area is 104 Å². The number of hydrogen-bond acceptors (Lipinski definition) is 4. The van der Waals surface area contributed by atoms with Gasteiger partial charge in [0.1, 0.15) is 0 Å². The molecule has 0 spiro atoms. The van der Waals surface area contributed by atoms with E-state index in [9.17, 15) is 13.2 Å². The van der Waals surface area contributed by atoms with Crippen LogP contribution in [0.15, 0.2) is 0 Å². The molecule has 1 aromatic rings. The Balaban J connectivity index is 2.59. The lowest BCUT2D eigenvalue weighted by Crippen LogP contribution is -2.18. The molecule has 1 N–H and O–H groups in total. The van der Waals surface area contributed by atoms with Gasteiger partial charge in [-0.15, -0.1) is 10.2 Å². The van der Waals surface area contributed by atoms with Crippen molar-refractivity contribution >= 4 is 32.4 Å². The second-order valence-electron chi connectivity index (χ2n) is 3.47. The minimum absolute atomic E-state index is 0.0448. The molecule has 0 saturated heterocycles. The summed E-state index contributed by atoms with van der Waals surface area (Å²) in [5.74, 6) is 0. The quantitative estimate of drug-likeness (QED) is 0.863. The lowest BCUT2D eigenvalue weighted by Gasteiger charge is -2.13. The summed E-state index contributed by atoms with van der Waals surface area (Å²) in [4.78, 5) is 0.296. The summed E-state index contributed by atoms with van der Waals surface area (Å²) in [6.45, 7) is 3.85. The average Bonchev–Trinajstić information content (AvgIpc) is 2.49. The van der Waals surface area contributed by atoms with Crippen molar-refractivity contribution in [3.8, 4) is 0 Å². The van der Waals surface area contributed by atoms with Gasteiger partial charge in [0.05, 0.1) is 0 Å². The van der Waals surface area contributed by atoms with E-state index in [1.54, 1.807) is 0 Å². The molecule has 1 heterocycles. The van der Waals surface area contributed by atoms with E-state index >= 15 is 0 Å². The molecule has 92 valence electrons. The molecule has 8 heteroatoms. The van der Waals surface area contributed by atoms with Crippen molar-refractivity contribution < 1.29 is 13.2 Å². The van der Waals surface area contributed by atoms with Crippen LogP contribution in [0.25, 0.3) is 0 Å². The third kappa shape index (κ3) is 4.25. The highest BCUT2D eigenvalue weighted by Crippen LogP contribution is 2.33. The summed E-state index contributed by atoms with van der Waals surface area (Å²) < 4.78 is 36.7. The van der Waals surface area contributed by atoms with Gasteiger partial charge in [-0.25, -0.2) is 0 Å². The maximum Gasteiger partial charge on any atom is 0.445 e. The summed E-state index contributed by atoms with van der Waals surface area (Å²) in [5, 5.41) is 8.70. The average molecular weight is 318 g/mol. The van der Waals surface area contributed by atoms with Gasteiger partial charge >= 0.3 is 6.18 Å². The third-order valence-electron chi connectivity index (χ3n) is 1.72. The molecule has 3 nitrogen and oxygen atoms in total. The van der Waals surface area contributed by atoms with Gasteiger partial charge in [-0.1, -0.05) is 34.2 Å². The number of rotatable bonds is 4. The molecule has 1 rings (SSSR count). The number of nitrogens with zero attached hydrogens (tertiary/aromatic N) is 2. The second kappa shape index (κ2) is 5.31. The highest BCUT2D eigenvalue weighted by atomic mass is 79.9. The molecule has 2 unspecified atom stereocenters. The number of nitrogens with one attached hydrogen (secondary N) is 1. The Morgan fingerprint density at radius 2 is 2.00 bits per heavy atom. The summed E-state index contributed by atoms with van der Waals surface area (Å²) in [6, 6.07) is 0.0448. The molecule has 0 aromatic carbocycles. The van der Waals surface area contributed by atoms with Crippen molar-refractivity contribution in [3.63, 3.8) is 0 Å². The molecule has 16 heavy (non-hydrogen) atoms. The lowest BCUT2D eigenvalue weighted by molar-refractivity contribution is -0.138. The normalized spacial score (nSPS) is 15.9. The molecule has 0 radical (unpaired) electrons. The fourth-order valence-corrected chi connectivity index (χ4v) is 2.44. The van der Waals surface area contributed by atoms with Crippen LogP contribution < -0.4 is 5.32 Å². The van der Waals surface area contributed by atoms with Crippen molar-refractivity contribution in [2.45, 2.75) is 37.3 Å².